The Morgan fingerprint density at radius 3 is 2.71 bits per heavy atom. The van der Waals surface area contributed by atoms with E-state index in [0.717, 1.165) is 28.6 Å². The highest BCUT2D eigenvalue weighted by Crippen LogP contribution is 2.34. The van der Waals surface area contributed by atoms with Crippen molar-refractivity contribution >= 4 is 11.0 Å². The van der Waals surface area contributed by atoms with Crippen LogP contribution in [-0.4, -0.2) is 42.7 Å². The summed E-state index contributed by atoms with van der Waals surface area (Å²) in [6.45, 7) is 0. The highest BCUT2D eigenvalue weighted by atomic mass is 16.3. The molecule has 31 heavy (non-hydrogen) atoms. The lowest BCUT2D eigenvalue weighted by Crippen LogP contribution is -2.27. The molecule has 4 aromatic rings. The maximum absolute atomic E-state index is 10.7. The van der Waals surface area contributed by atoms with E-state index in [1.165, 1.54) is 25.7 Å². The van der Waals surface area contributed by atoms with Crippen LogP contribution in [0.25, 0.3) is 33.4 Å². The van der Waals surface area contributed by atoms with Gasteiger partial charge in [-0.1, -0.05) is 18.9 Å². The number of phenols is 1. The van der Waals surface area contributed by atoms with Gasteiger partial charge in [-0.25, -0.2) is 0 Å². The number of benzene rings is 1. The van der Waals surface area contributed by atoms with Gasteiger partial charge in [0, 0.05) is 48.0 Å². The van der Waals surface area contributed by atoms with Gasteiger partial charge in [0.25, 0.3) is 0 Å². The molecule has 0 unspecified atom stereocenters. The molecule has 1 aliphatic rings. The molecule has 5 rings (SSSR count). The minimum absolute atomic E-state index is 0.190. The van der Waals surface area contributed by atoms with Crippen LogP contribution in [0, 0.1) is 0 Å². The van der Waals surface area contributed by atoms with Crippen molar-refractivity contribution in [3.05, 3.63) is 48.9 Å². The summed E-state index contributed by atoms with van der Waals surface area (Å²) in [5.74, 6) is 0.190. The molecule has 0 amide bonds. The van der Waals surface area contributed by atoms with E-state index in [0.29, 0.717) is 23.3 Å². The SMILES string of the molecule is CN[C@H]1CCCC[C@@H](n2ccc3cc(-c4ccc(-c5cnn(C)c5)cc4O)nnc32)C1. The number of phenolic OH excluding ortho intramolecular Hbond substituents is 1. The fraction of sp³-hybridized carbons (Fsp3) is 0.375. The lowest BCUT2D eigenvalue weighted by atomic mass is 10.0. The summed E-state index contributed by atoms with van der Waals surface area (Å²) in [4.78, 5) is 0. The minimum Gasteiger partial charge on any atom is -0.507 e. The minimum atomic E-state index is 0.190. The standard InChI is InChI=1S/C24H28N6O/c1-25-19-5-3-4-6-20(13-19)30-10-9-17-11-22(27-28-24(17)30)21-8-7-16(12-23(21)31)18-14-26-29(2)15-18/h7-12,14-15,19-20,25,31H,3-6,13H2,1-2H3/t19-,20+/m0/s1. The number of aryl methyl sites for hydroxylation is 1. The molecule has 0 saturated heterocycles. The van der Waals surface area contributed by atoms with Gasteiger partial charge in [0.05, 0.1) is 11.9 Å². The van der Waals surface area contributed by atoms with E-state index in [1.54, 1.807) is 16.9 Å². The largest absolute Gasteiger partial charge is 0.507 e. The van der Waals surface area contributed by atoms with Crippen molar-refractivity contribution in [2.75, 3.05) is 7.05 Å². The lowest BCUT2D eigenvalue weighted by molar-refractivity contribution is 0.400. The molecule has 1 fully saturated rings. The van der Waals surface area contributed by atoms with Gasteiger partial charge < -0.3 is 15.0 Å². The Hall–Kier alpha value is -3.19. The van der Waals surface area contributed by atoms with Crippen LogP contribution in [0.15, 0.2) is 48.9 Å². The van der Waals surface area contributed by atoms with Crippen molar-refractivity contribution in [1.29, 1.82) is 0 Å². The highest BCUT2D eigenvalue weighted by molar-refractivity contribution is 5.82. The fourth-order valence-corrected chi connectivity index (χ4v) is 4.73. The van der Waals surface area contributed by atoms with Gasteiger partial charge in [-0.3, -0.25) is 4.68 Å². The second-order valence-electron chi connectivity index (χ2n) is 8.53. The molecule has 7 heteroatoms. The van der Waals surface area contributed by atoms with Gasteiger partial charge in [-0.2, -0.15) is 5.10 Å². The third-order valence-electron chi connectivity index (χ3n) is 6.47. The number of nitrogens with one attached hydrogen (secondary N) is 1. The van der Waals surface area contributed by atoms with Crippen LogP contribution in [0.5, 0.6) is 5.75 Å². The zero-order chi connectivity index (χ0) is 21.4. The van der Waals surface area contributed by atoms with E-state index >= 15 is 0 Å². The first-order valence-electron chi connectivity index (χ1n) is 11.0. The average molecular weight is 417 g/mol. The predicted molar refractivity (Wildman–Crippen MR) is 122 cm³/mol. The average Bonchev–Trinajstić information content (AvgIpc) is 3.32. The number of hydrogen-bond acceptors (Lipinski definition) is 5. The quantitative estimate of drug-likeness (QED) is 0.485. The van der Waals surface area contributed by atoms with Gasteiger partial charge in [-0.15, -0.1) is 10.2 Å². The van der Waals surface area contributed by atoms with Crippen LogP contribution in [-0.2, 0) is 7.05 Å². The summed E-state index contributed by atoms with van der Waals surface area (Å²) in [7, 11) is 3.93. The summed E-state index contributed by atoms with van der Waals surface area (Å²) in [5.41, 5.74) is 4.15. The van der Waals surface area contributed by atoms with Crippen molar-refractivity contribution < 1.29 is 5.11 Å². The molecule has 3 aromatic heterocycles. The van der Waals surface area contributed by atoms with E-state index in [2.05, 4.69) is 44.5 Å². The summed E-state index contributed by atoms with van der Waals surface area (Å²) in [6.07, 6.45) is 11.9. The zero-order valence-corrected chi connectivity index (χ0v) is 18.0. The van der Waals surface area contributed by atoms with Crippen LogP contribution in [0.4, 0.5) is 0 Å². The third-order valence-corrected chi connectivity index (χ3v) is 6.47. The number of rotatable bonds is 4. The Morgan fingerprint density at radius 1 is 1.06 bits per heavy atom. The second-order valence-corrected chi connectivity index (χ2v) is 8.53. The number of hydrogen-bond donors (Lipinski definition) is 2. The Kier molecular flexibility index (Phi) is 5.19. The van der Waals surface area contributed by atoms with Crippen molar-refractivity contribution in [1.82, 2.24) is 29.9 Å². The summed E-state index contributed by atoms with van der Waals surface area (Å²) in [6, 6.07) is 10.7. The number of aromatic nitrogens is 5. The first-order valence-corrected chi connectivity index (χ1v) is 11.0. The molecule has 0 spiro atoms. The van der Waals surface area contributed by atoms with Gasteiger partial charge >= 0.3 is 0 Å². The summed E-state index contributed by atoms with van der Waals surface area (Å²) < 4.78 is 4.03. The molecule has 1 aliphatic carbocycles. The Bertz CT molecular complexity index is 1210. The number of fused-ring (bicyclic) bond motifs is 1. The summed E-state index contributed by atoms with van der Waals surface area (Å²) >= 11 is 0. The first kappa shape index (κ1) is 19.8. The zero-order valence-electron chi connectivity index (χ0n) is 18.0. The summed E-state index contributed by atoms with van der Waals surface area (Å²) in [5, 5.41) is 28.4. The van der Waals surface area contributed by atoms with Crippen LogP contribution in [0.3, 0.4) is 0 Å². The molecular formula is C24H28N6O. The molecule has 160 valence electrons. The van der Waals surface area contributed by atoms with Crippen molar-refractivity contribution in [2.45, 2.75) is 44.2 Å². The van der Waals surface area contributed by atoms with Crippen molar-refractivity contribution in [3.63, 3.8) is 0 Å². The van der Waals surface area contributed by atoms with E-state index in [1.807, 2.05) is 31.4 Å². The molecular weight excluding hydrogens is 388 g/mol. The van der Waals surface area contributed by atoms with Crippen LogP contribution < -0.4 is 5.32 Å². The van der Waals surface area contributed by atoms with Gasteiger partial charge in [0.2, 0.25) is 0 Å². The number of aromatic hydroxyl groups is 1. The third kappa shape index (κ3) is 3.81. The van der Waals surface area contributed by atoms with Crippen molar-refractivity contribution in [3.8, 4) is 28.1 Å². The molecule has 1 aromatic carbocycles. The Morgan fingerprint density at radius 2 is 1.94 bits per heavy atom. The monoisotopic (exact) mass is 416 g/mol. The van der Waals surface area contributed by atoms with E-state index in [9.17, 15) is 5.11 Å². The first-order chi connectivity index (χ1) is 15.1. The predicted octanol–water partition coefficient (Wildman–Crippen LogP) is 4.30. The maximum atomic E-state index is 10.7. The molecule has 7 nitrogen and oxygen atoms in total. The van der Waals surface area contributed by atoms with Crippen molar-refractivity contribution in [2.24, 2.45) is 7.05 Å². The van der Waals surface area contributed by atoms with Crippen LogP contribution >= 0.6 is 0 Å². The van der Waals surface area contributed by atoms with Crippen LogP contribution in [0.1, 0.15) is 38.1 Å². The molecule has 1 saturated carbocycles. The van der Waals surface area contributed by atoms with Crippen LogP contribution in [0.2, 0.25) is 0 Å². The second kappa shape index (κ2) is 8.15. The molecule has 3 heterocycles. The van der Waals surface area contributed by atoms with E-state index in [-0.39, 0.29) is 5.75 Å². The maximum Gasteiger partial charge on any atom is 0.162 e. The fourth-order valence-electron chi connectivity index (χ4n) is 4.73. The molecule has 2 N–H and O–H groups in total. The Balaban J connectivity index is 1.46. The highest BCUT2D eigenvalue weighted by Gasteiger charge is 2.22. The number of nitrogens with zero attached hydrogens (tertiary/aromatic N) is 5. The normalized spacial score (nSPS) is 19.5. The molecule has 0 aliphatic heterocycles. The van der Waals surface area contributed by atoms with Gasteiger partial charge in [0.15, 0.2) is 5.65 Å². The smallest absolute Gasteiger partial charge is 0.162 e. The van der Waals surface area contributed by atoms with E-state index in [4.69, 9.17) is 0 Å². The molecule has 2 atom stereocenters. The van der Waals surface area contributed by atoms with Gasteiger partial charge in [0.1, 0.15) is 5.75 Å². The van der Waals surface area contributed by atoms with Gasteiger partial charge in [-0.05, 0) is 56.1 Å². The lowest BCUT2D eigenvalue weighted by Gasteiger charge is -2.21. The Labute approximate surface area is 181 Å². The van der Waals surface area contributed by atoms with E-state index < -0.39 is 0 Å². The molecule has 0 bridgehead atoms. The molecule has 0 radical (unpaired) electrons. The topological polar surface area (TPSA) is 80.8 Å².